The van der Waals surface area contributed by atoms with E-state index in [4.69, 9.17) is 22.5 Å². The topological polar surface area (TPSA) is 70.6 Å². The van der Waals surface area contributed by atoms with E-state index in [1.807, 2.05) is 0 Å². The third kappa shape index (κ3) is 4.14. The summed E-state index contributed by atoms with van der Waals surface area (Å²) in [5.41, 5.74) is 5.08. The van der Waals surface area contributed by atoms with E-state index in [9.17, 15) is 17.6 Å². The zero-order valence-electron chi connectivity index (χ0n) is 9.68. The van der Waals surface area contributed by atoms with Crippen molar-refractivity contribution in [1.82, 2.24) is 0 Å². The van der Waals surface area contributed by atoms with Gasteiger partial charge in [0.2, 0.25) is 0 Å². The first-order valence-electron chi connectivity index (χ1n) is 5.09. The molecule has 0 radical (unpaired) electrons. The molecule has 1 aromatic carbocycles. The van der Waals surface area contributed by atoms with E-state index in [2.05, 4.69) is 26.4 Å². The largest absolute Gasteiger partial charge is 0.409 e. The summed E-state index contributed by atoms with van der Waals surface area (Å²) >= 11 is 8.69. The van der Waals surface area contributed by atoms with Crippen LogP contribution in [0.15, 0.2) is 21.8 Å². The van der Waals surface area contributed by atoms with Gasteiger partial charge in [-0.3, -0.25) is 0 Å². The number of rotatable bonds is 4. The highest BCUT2D eigenvalue weighted by Crippen LogP contribution is 2.33. The molecule has 1 aromatic rings. The quantitative estimate of drug-likeness (QED) is 0.247. The van der Waals surface area contributed by atoms with Crippen molar-refractivity contribution in [2.75, 3.05) is 11.9 Å². The predicted molar refractivity (Wildman–Crippen MR) is 70.6 cm³/mol. The molecule has 0 saturated carbocycles. The summed E-state index contributed by atoms with van der Waals surface area (Å²) < 4.78 is 51.3. The minimum Gasteiger partial charge on any atom is -0.409 e. The second-order valence-corrected chi connectivity index (χ2v) is 5.01. The van der Waals surface area contributed by atoms with E-state index in [1.165, 1.54) is 0 Å². The Kier molecular flexibility index (Phi) is 5.46. The number of nitrogens with zero attached hydrogens (tertiary/aromatic N) is 1. The predicted octanol–water partition coefficient (Wildman–Crippen LogP) is 3.58. The Bertz CT molecular complexity index is 501. The molecule has 0 aliphatic rings. The molecular weight excluding hydrogens is 369 g/mol. The highest BCUT2D eigenvalue weighted by Gasteiger charge is 2.42. The Balaban J connectivity index is 2.95. The summed E-state index contributed by atoms with van der Waals surface area (Å²) in [6.07, 6.45) is -4.71. The van der Waals surface area contributed by atoms with E-state index in [0.717, 1.165) is 12.1 Å². The highest BCUT2D eigenvalue weighted by atomic mass is 79.9. The number of anilines is 1. The van der Waals surface area contributed by atoms with Crippen LogP contribution in [0.5, 0.6) is 0 Å². The summed E-state index contributed by atoms with van der Waals surface area (Å²) in [5, 5.41) is 13.0. The molecule has 0 fully saturated rings. The molecule has 112 valence electrons. The number of halogens is 6. The molecule has 20 heavy (non-hydrogen) atoms. The first kappa shape index (κ1) is 16.8. The van der Waals surface area contributed by atoms with Crippen LogP contribution in [0.3, 0.4) is 0 Å². The monoisotopic (exact) mass is 377 g/mol. The third-order valence-electron chi connectivity index (χ3n) is 2.36. The van der Waals surface area contributed by atoms with Crippen molar-refractivity contribution in [3.05, 3.63) is 27.4 Å². The van der Waals surface area contributed by atoms with Crippen LogP contribution in [0.25, 0.3) is 0 Å². The van der Waals surface area contributed by atoms with Gasteiger partial charge in [0.1, 0.15) is 11.7 Å². The van der Waals surface area contributed by atoms with Crippen molar-refractivity contribution in [3.8, 4) is 0 Å². The van der Waals surface area contributed by atoms with Gasteiger partial charge in [0.25, 0.3) is 0 Å². The average Bonchev–Trinajstić information content (AvgIpc) is 2.30. The molecule has 0 saturated heterocycles. The van der Waals surface area contributed by atoms with Crippen LogP contribution < -0.4 is 11.1 Å². The average molecular weight is 379 g/mol. The molecule has 4 nitrogen and oxygen atoms in total. The minimum atomic E-state index is -4.71. The van der Waals surface area contributed by atoms with Gasteiger partial charge in [0, 0.05) is 11.0 Å². The number of oxime groups is 1. The molecule has 0 aromatic heterocycles. The van der Waals surface area contributed by atoms with Crippen molar-refractivity contribution in [3.63, 3.8) is 0 Å². The molecule has 10 heteroatoms. The summed E-state index contributed by atoms with van der Waals surface area (Å²) in [7, 11) is 0. The van der Waals surface area contributed by atoms with Gasteiger partial charge in [-0.1, -0.05) is 16.8 Å². The number of hydrogen-bond acceptors (Lipinski definition) is 3. The van der Waals surface area contributed by atoms with E-state index >= 15 is 0 Å². The summed E-state index contributed by atoms with van der Waals surface area (Å²) in [4.78, 5) is 0. The number of hydrogen-bond donors (Lipinski definition) is 3. The van der Waals surface area contributed by atoms with Gasteiger partial charge in [0.05, 0.1) is 10.7 Å². The molecule has 1 atom stereocenters. The van der Waals surface area contributed by atoms with Gasteiger partial charge in [-0.2, -0.15) is 13.2 Å². The summed E-state index contributed by atoms with van der Waals surface area (Å²) in [6.45, 7) is -0.719. The lowest BCUT2D eigenvalue weighted by Crippen LogP contribution is -2.40. The van der Waals surface area contributed by atoms with Gasteiger partial charge in [-0.25, -0.2) is 4.39 Å². The summed E-state index contributed by atoms with van der Waals surface area (Å²) in [6, 6.07) is 1.99. The zero-order chi connectivity index (χ0) is 15.5. The van der Waals surface area contributed by atoms with E-state index in [1.54, 1.807) is 0 Å². The SMILES string of the molecule is NC(=NO)C(CNc1c(Cl)cc(F)cc1Br)C(F)(F)F. The normalized spacial score (nSPS) is 14.2. The number of amidine groups is 1. The van der Waals surface area contributed by atoms with Gasteiger partial charge >= 0.3 is 6.18 Å². The fraction of sp³-hybridized carbons (Fsp3) is 0.300. The molecule has 0 heterocycles. The number of nitrogens with one attached hydrogen (secondary N) is 1. The molecule has 1 rings (SSSR count). The van der Waals surface area contributed by atoms with Crippen LogP contribution in [0.1, 0.15) is 0 Å². The van der Waals surface area contributed by atoms with Crippen LogP contribution in [0.2, 0.25) is 5.02 Å². The standard InChI is InChI=1S/C10H9BrClF4N3O/c11-6-1-4(13)2-7(12)8(6)18-3-5(9(17)19-20)10(14,15)16/h1-2,5,18,20H,3H2,(H2,17,19). The molecule has 1 unspecified atom stereocenters. The van der Waals surface area contributed by atoms with Crippen molar-refractivity contribution in [2.45, 2.75) is 6.18 Å². The number of nitrogens with two attached hydrogens (primary N) is 1. The van der Waals surface area contributed by atoms with Crippen molar-refractivity contribution < 1.29 is 22.8 Å². The first-order chi connectivity index (χ1) is 9.16. The van der Waals surface area contributed by atoms with Crippen LogP contribution in [-0.2, 0) is 0 Å². The smallest absolute Gasteiger partial charge is 0.400 e. The van der Waals surface area contributed by atoms with E-state index in [0.29, 0.717) is 0 Å². The maximum atomic E-state index is 13.0. The summed E-state index contributed by atoms with van der Waals surface area (Å²) in [5.74, 6) is -3.84. The third-order valence-corrected chi connectivity index (χ3v) is 3.28. The Labute approximate surface area is 124 Å². The van der Waals surface area contributed by atoms with Crippen LogP contribution in [-0.4, -0.2) is 23.8 Å². The van der Waals surface area contributed by atoms with Crippen molar-refractivity contribution in [2.24, 2.45) is 16.8 Å². The lowest BCUT2D eigenvalue weighted by atomic mass is 10.1. The number of alkyl halides is 3. The first-order valence-corrected chi connectivity index (χ1v) is 6.26. The molecular formula is C10H9BrClF4N3O. The zero-order valence-corrected chi connectivity index (χ0v) is 12.0. The molecule has 0 spiro atoms. The lowest BCUT2D eigenvalue weighted by molar-refractivity contribution is -0.152. The van der Waals surface area contributed by atoms with Crippen molar-refractivity contribution in [1.29, 1.82) is 0 Å². The van der Waals surface area contributed by atoms with E-state index < -0.39 is 30.3 Å². The van der Waals surface area contributed by atoms with E-state index in [-0.39, 0.29) is 15.2 Å². The highest BCUT2D eigenvalue weighted by molar-refractivity contribution is 9.10. The Morgan fingerprint density at radius 2 is 2.10 bits per heavy atom. The van der Waals surface area contributed by atoms with Gasteiger partial charge in [0.15, 0.2) is 5.84 Å². The molecule has 0 aliphatic carbocycles. The molecule has 0 bridgehead atoms. The molecule has 0 aliphatic heterocycles. The Morgan fingerprint density at radius 3 is 2.55 bits per heavy atom. The fourth-order valence-electron chi connectivity index (χ4n) is 1.37. The maximum absolute atomic E-state index is 13.0. The second kappa shape index (κ2) is 6.49. The van der Waals surface area contributed by atoms with Crippen molar-refractivity contribution >= 4 is 39.1 Å². The lowest BCUT2D eigenvalue weighted by Gasteiger charge is -2.20. The Hall–Kier alpha value is -1.22. The second-order valence-electron chi connectivity index (χ2n) is 3.74. The van der Waals surface area contributed by atoms with Gasteiger partial charge in [-0.15, -0.1) is 0 Å². The van der Waals surface area contributed by atoms with Gasteiger partial charge in [-0.05, 0) is 28.1 Å². The van der Waals surface area contributed by atoms with Crippen LogP contribution in [0.4, 0.5) is 23.2 Å². The minimum absolute atomic E-state index is 0.0769. The maximum Gasteiger partial charge on any atom is 0.400 e. The molecule has 0 amide bonds. The van der Waals surface area contributed by atoms with Crippen LogP contribution in [0, 0.1) is 11.7 Å². The Morgan fingerprint density at radius 1 is 1.50 bits per heavy atom. The fourth-order valence-corrected chi connectivity index (χ4v) is 2.33. The van der Waals surface area contributed by atoms with Gasteiger partial charge < -0.3 is 16.3 Å². The van der Waals surface area contributed by atoms with Crippen LogP contribution >= 0.6 is 27.5 Å². The number of benzene rings is 1. The molecule has 4 N–H and O–H groups in total.